The fourth-order valence-corrected chi connectivity index (χ4v) is 3.04. The maximum atomic E-state index is 9.98. The van der Waals surface area contributed by atoms with Crippen molar-refractivity contribution in [3.63, 3.8) is 0 Å². The van der Waals surface area contributed by atoms with Gasteiger partial charge >= 0.3 is 0 Å². The summed E-state index contributed by atoms with van der Waals surface area (Å²) in [5, 5.41) is 9.98. The van der Waals surface area contributed by atoms with Gasteiger partial charge in [0.1, 0.15) is 5.75 Å². The molecule has 1 aliphatic carbocycles. The molecule has 0 radical (unpaired) electrons. The summed E-state index contributed by atoms with van der Waals surface area (Å²) in [6.07, 6.45) is 6.76. The van der Waals surface area contributed by atoms with E-state index in [9.17, 15) is 5.11 Å². The molecular formula is C16H24O. The molecule has 0 aliphatic heterocycles. The fraction of sp³-hybridized carbons (Fsp3) is 0.625. The van der Waals surface area contributed by atoms with Gasteiger partial charge in [0, 0.05) is 0 Å². The lowest BCUT2D eigenvalue weighted by Gasteiger charge is -2.25. The highest BCUT2D eigenvalue weighted by Gasteiger charge is 2.19. The van der Waals surface area contributed by atoms with Gasteiger partial charge in [-0.25, -0.2) is 0 Å². The van der Waals surface area contributed by atoms with Gasteiger partial charge in [0.25, 0.3) is 0 Å². The third-order valence-electron chi connectivity index (χ3n) is 4.08. The van der Waals surface area contributed by atoms with Gasteiger partial charge in [0.05, 0.1) is 0 Å². The Morgan fingerprint density at radius 2 is 1.76 bits per heavy atom. The molecule has 0 saturated heterocycles. The lowest BCUT2D eigenvalue weighted by atomic mass is 9.81. The molecule has 17 heavy (non-hydrogen) atoms. The molecule has 1 aromatic rings. The molecule has 1 fully saturated rings. The van der Waals surface area contributed by atoms with E-state index in [1.54, 1.807) is 0 Å². The number of benzene rings is 1. The van der Waals surface area contributed by atoms with E-state index in [0.717, 1.165) is 11.5 Å². The molecule has 0 unspecified atom stereocenters. The standard InChI is InChI=1S/C16H24O/c1-11(2)14-10-15(12(3)9-16(14)17)13-7-5-4-6-8-13/h9-11,13,17H,4-8H2,1-3H3. The SMILES string of the molecule is Cc1cc(O)c(C(C)C)cc1C1CCCCC1. The van der Waals surface area contributed by atoms with Crippen molar-refractivity contribution in [2.24, 2.45) is 0 Å². The van der Waals surface area contributed by atoms with E-state index in [0.29, 0.717) is 11.7 Å². The predicted octanol–water partition coefficient (Wildman–Crippen LogP) is 4.87. The second kappa shape index (κ2) is 5.12. The Morgan fingerprint density at radius 3 is 2.35 bits per heavy atom. The number of hydrogen-bond acceptors (Lipinski definition) is 1. The van der Waals surface area contributed by atoms with Crippen LogP contribution in [0.4, 0.5) is 0 Å². The smallest absolute Gasteiger partial charge is 0.119 e. The summed E-state index contributed by atoms with van der Waals surface area (Å²) in [5.74, 6) is 1.59. The van der Waals surface area contributed by atoms with E-state index in [2.05, 4.69) is 26.8 Å². The summed E-state index contributed by atoms with van der Waals surface area (Å²) < 4.78 is 0. The summed E-state index contributed by atoms with van der Waals surface area (Å²) >= 11 is 0. The molecule has 1 N–H and O–H groups in total. The first-order valence-electron chi connectivity index (χ1n) is 6.93. The Labute approximate surface area is 105 Å². The molecular weight excluding hydrogens is 208 g/mol. The molecule has 0 atom stereocenters. The van der Waals surface area contributed by atoms with Crippen LogP contribution in [0.3, 0.4) is 0 Å². The summed E-state index contributed by atoms with van der Waals surface area (Å²) in [6, 6.07) is 4.21. The van der Waals surface area contributed by atoms with Crippen LogP contribution >= 0.6 is 0 Å². The number of hydrogen-bond donors (Lipinski definition) is 1. The summed E-state index contributed by atoms with van der Waals surface area (Å²) in [7, 11) is 0. The average Bonchev–Trinajstić information content (AvgIpc) is 2.29. The van der Waals surface area contributed by atoms with Crippen LogP contribution in [-0.2, 0) is 0 Å². The highest BCUT2D eigenvalue weighted by molar-refractivity contribution is 5.44. The van der Waals surface area contributed by atoms with Crippen molar-refractivity contribution in [1.82, 2.24) is 0 Å². The van der Waals surface area contributed by atoms with E-state index >= 15 is 0 Å². The molecule has 0 amide bonds. The van der Waals surface area contributed by atoms with Gasteiger partial charge in [-0.3, -0.25) is 0 Å². The maximum Gasteiger partial charge on any atom is 0.119 e. The van der Waals surface area contributed by atoms with Crippen molar-refractivity contribution in [2.45, 2.75) is 64.7 Å². The minimum Gasteiger partial charge on any atom is -0.508 e. The van der Waals surface area contributed by atoms with Gasteiger partial charge in [-0.1, -0.05) is 39.2 Å². The third kappa shape index (κ3) is 2.65. The van der Waals surface area contributed by atoms with Crippen molar-refractivity contribution in [1.29, 1.82) is 0 Å². The van der Waals surface area contributed by atoms with Crippen LogP contribution < -0.4 is 0 Å². The fourth-order valence-electron chi connectivity index (χ4n) is 3.04. The van der Waals surface area contributed by atoms with Crippen molar-refractivity contribution in [2.75, 3.05) is 0 Å². The number of rotatable bonds is 2. The zero-order chi connectivity index (χ0) is 12.4. The van der Waals surface area contributed by atoms with Gasteiger partial charge in [-0.2, -0.15) is 0 Å². The van der Waals surface area contributed by atoms with Crippen LogP contribution in [0.15, 0.2) is 12.1 Å². The minimum absolute atomic E-state index is 0.401. The Hall–Kier alpha value is -0.980. The Bertz CT molecular complexity index is 387. The maximum absolute atomic E-state index is 9.98. The van der Waals surface area contributed by atoms with Crippen LogP contribution in [0.5, 0.6) is 5.75 Å². The quantitative estimate of drug-likeness (QED) is 0.771. The lowest BCUT2D eigenvalue weighted by molar-refractivity contribution is 0.438. The Balaban J connectivity index is 2.35. The first-order chi connectivity index (χ1) is 8.09. The van der Waals surface area contributed by atoms with Gasteiger partial charge in [-0.05, 0) is 54.4 Å². The average molecular weight is 232 g/mol. The van der Waals surface area contributed by atoms with Crippen LogP contribution in [0.1, 0.15) is 74.5 Å². The second-order valence-corrected chi connectivity index (χ2v) is 5.76. The first-order valence-corrected chi connectivity index (χ1v) is 6.93. The summed E-state index contributed by atoms with van der Waals surface area (Å²) in [6.45, 7) is 6.43. The number of phenols is 1. The van der Waals surface area contributed by atoms with Crippen molar-refractivity contribution in [3.05, 3.63) is 28.8 Å². The van der Waals surface area contributed by atoms with Gasteiger partial charge in [0.15, 0.2) is 0 Å². The third-order valence-corrected chi connectivity index (χ3v) is 4.08. The monoisotopic (exact) mass is 232 g/mol. The van der Waals surface area contributed by atoms with Crippen LogP contribution in [0, 0.1) is 6.92 Å². The molecule has 1 saturated carbocycles. The molecule has 1 heteroatoms. The van der Waals surface area contributed by atoms with Gasteiger partial charge in [-0.15, -0.1) is 0 Å². The van der Waals surface area contributed by atoms with Gasteiger partial charge < -0.3 is 5.11 Å². The van der Waals surface area contributed by atoms with E-state index in [1.165, 1.54) is 43.2 Å². The van der Waals surface area contributed by atoms with Crippen LogP contribution in [0.2, 0.25) is 0 Å². The molecule has 0 aromatic heterocycles. The minimum atomic E-state index is 0.401. The predicted molar refractivity (Wildman–Crippen MR) is 72.8 cm³/mol. The van der Waals surface area contributed by atoms with E-state index in [4.69, 9.17) is 0 Å². The lowest BCUT2D eigenvalue weighted by Crippen LogP contribution is -2.07. The summed E-state index contributed by atoms with van der Waals surface area (Å²) in [5.41, 5.74) is 3.85. The molecule has 0 bridgehead atoms. The normalized spacial score (nSPS) is 17.6. The van der Waals surface area contributed by atoms with E-state index in [-0.39, 0.29) is 0 Å². The number of phenolic OH excluding ortho intramolecular Hbond substituents is 1. The zero-order valence-corrected chi connectivity index (χ0v) is 11.3. The summed E-state index contributed by atoms with van der Waals surface area (Å²) in [4.78, 5) is 0. The zero-order valence-electron chi connectivity index (χ0n) is 11.3. The molecule has 1 aliphatic rings. The second-order valence-electron chi connectivity index (χ2n) is 5.76. The van der Waals surface area contributed by atoms with E-state index in [1.807, 2.05) is 6.07 Å². The van der Waals surface area contributed by atoms with E-state index < -0.39 is 0 Å². The highest BCUT2D eigenvalue weighted by atomic mass is 16.3. The largest absolute Gasteiger partial charge is 0.508 e. The first kappa shape index (κ1) is 12.5. The molecule has 1 aromatic carbocycles. The topological polar surface area (TPSA) is 20.2 Å². The van der Waals surface area contributed by atoms with Crippen molar-refractivity contribution in [3.8, 4) is 5.75 Å². The van der Waals surface area contributed by atoms with Crippen LogP contribution in [0.25, 0.3) is 0 Å². The molecule has 2 rings (SSSR count). The molecule has 0 spiro atoms. The van der Waals surface area contributed by atoms with Gasteiger partial charge in [0.2, 0.25) is 0 Å². The Kier molecular flexibility index (Phi) is 3.76. The number of aryl methyl sites for hydroxylation is 1. The highest BCUT2D eigenvalue weighted by Crippen LogP contribution is 2.38. The molecule has 1 nitrogen and oxygen atoms in total. The molecule has 0 heterocycles. The van der Waals surface area contributed by atoms with Crippen LogP contribution in [-0.4, -0.2) is 5.11 Å². The Morgan fingerprint density at radius 1 is 1.12 bits per heavy atom. The van der Waals surface area contributed by atoms with Crippen molar-refractivity contribution < 1.29 is 5.11 Å². The molecule has 94 valence electrons. The number of aromatic hydroxyl groups is 1. The van der Waals surface area contributed by atoms with Crippen molar-refractivity contribution >= 4 is 0 Å².